The van der Waals surface area contributed by atoms with Gasteiger partial charge >= 0.3 is 0 Å². The number of rotatable bonds is 3. The molecule has 0 aromatic carbocycles. The number of aromatic nitrogens is 2. The maximum absolute atomic E-state index is 8.67. The molecule has 0 atom stereocenters. The first-order valence-corrected chi connectivity index (χ1v) is 5.37. The number of anilines is 1. The minimum absolute atomic E-state index is 0.724. The fraction of sp³-hybridized carbons (Fsp3) is 0.200. The molecule has 0 bridgehead atoms. The molecule has 15 heavy (non-hydrogen) atoms. The van der Waals surface area contributed by atoms with Gasteiger partial charge in [0.1, 0.15) is 11.9 Å². The second kappa shape index (κ2) is 4.15. The smallest absolute Gasteiger partial charge is 0.124 e. The molecule has 0 amide bonds. The van der Waals surface area contributed by atoms with Gasteiger partial charge in [0.15, 0.2) is 0 Å². The molecule has 0 unspecified atom stereocenters. The van der Waals surface area contributed by atoms with Gasteiger partial charge in [-0.25, -0.2) is 0 Å². The average molecular weight is 218 g/mol. The Balaban J connectivity index is 2.00. The van der Waals surface area contributed by atoms with E-state index in [2.05, 4.69) is 16.5 Å². The lowest BCUT2D eigenvalue weighted by atomic mass is 10.3. The predicted molar refractivity (Wildman–Crippen MR) is 59.6 cm³/mol. The molecule has 5 heteroatoms. The van der Waals surface area contributed by atoms with Crippen LogP contribution in [0.25, 0.3) is 0 Å². The molecule has 0 aliphatic carbocycles. The number of hydrogen-bond donors (Lipinski definition) is 1. The average Bonchev–Trinajstić information content (AvgIpc) is 2.84. The molecular weight excluding hydrogens is 208 g/mol. The number of nitriles is 1. The standard InChI is InChI=1S/C10H10N4S/c1-14-10(2-3-13-14)12-6-9-4-8(5-11)7-15-9/h2-4,7,12H,6H2,1H3. The summed E-state index contributed by atoms with van der Waals surface area (Å²) in [4.78, 5) is 1.15. The van der Waals surface area contributed by atoms with Crippen LogP contribution in [0.1, 0.15) is 10.4 Å². The number of thiophene rings is 1. The van der Waals surface area contributed by atoms with Crippen LogP contribution in [0.5, 0.6) is 0 Å². The van der Waals surface area contributed by atoms with Gasteiger partial charge in [-0.3, -0.25) is 4.68 Å². The third kappa shape index (κ3) is 2.17. The van der Waals surface area contributed by atoms with Crippen LogP contribution in [0.15, 0.2) is 23.7 Å². The summed E-state index contributed by atoms with van der Waals surface area (Å²) in [5.74, 6) is 0.974. The van der Waals surface area contributed by atoms with Crippen LogP contribution in [0, 0.1) is 11.3 Å². The summed E-state index contributed by atoms with van der Waals surface area (Å²) in [6, 6.07) is 5.93. The van der Waals surface area contributed by atoms with Crippen molar-refractivity contribution in [2.75, 3.05) is 5.32 Å². The van der Waals surface area contributed by atoms with Crippen molar-refractivity contribution in [3.8, 4) is 6.07 Å². The predicted octanol–water partition coefficient (Wildman–Crippen LogP) is 1.97. The largest absolute Gasteiger partial charge is 0.365 e. The van der Waals surface area contributed by atoms with E-state index in [1.807, 2.05) is 24.6 Å². The Kier molecular flexibility index (Phi) is 2.70. The van der Waals surface area contributed by atoms with Crippen LogP contribution in [0.3, 0.4) is 0 Å². The zero-order chi connectivity index (χ0) is 10.7. The third-order valence-electron chi connectivity index (χ3n) is 2.05. The molecule has 4 nitrogen and oxygen atoms in total. The quantitative estimate of drug-likeness (QED) is 0.856. The van der Waals surface area contributed by atoms with E-state index in [1.165, 1.54) is 0 Å². The maximum Gasteiger partial charge on any atom is 0.124 e. The van der Waals surface area contributed by atoms with Crippen molar-refractivity contribution in [3.05, 3.63) is 34.2 Å². The summed E-state index contributed by atoms with van der Waals surface area (Å²) in [5.41, 5.74) is 0.724. The van der Waals surface area contributed by atoms with Gasteiger partial charge < -0.3 is 5.32 Å². The third-order valence-corrected chi connectivity index (χ3v) is 2.98. The molecule has 2 heterocycles. The van der Waals surface area contributed by atoms with Crippen molar-refractivity contribution in [2.45, 2.75) is 6.54 Å². The van der Waals surface area contributed by atoms with Gasteiger partial charge in [0, 0.05) is 23.4 Å². The van der Waals surface area contributed by atoms with E-state index in [0.717, 1.165) is 22.8 Å². The molecule has 0 aliphatic rings. The molecule has 0 spiro atoms. The highest BCUT2D eigenvalue weighted by molar-refractivity contribution is 7.10. The van der Waals surface area contributed by atoms with E-state index < -0.39 is 0 Å². The Hall–Kier alpha value is -1.80. The van der Waals surface area contributed by atoms with Gasteiger partial charge in [0.05, 0.1) is 18.3 Å². The first kappa shape index (κ1) is 9.74. The van der Waals surface area contributed by atoms with Crippen LogP contribution in [0.2, 0.25) is 0 Å². The second-order valence-corrected chi connectivity index (χ2v) is 4.10. The van der Waals surface area contributed by atoms with Gasteiger partial charge in [0.25, 0.3) is 0 Å². The van der Waals surface area contributed by atoms with Gasteiger partial charge in [-0.2, -0.15) is 10.4 Å². The fourth-order valence-electron chi connectivity index (χ4n) is 1.26. The fourth-order valence-corrected chi connectivity index (χ4v) is 2.01. The molecule has 0 saturated heterocycles. The molecule has 0 aliphatic heterocycles. The Morgan fingerprint density at radius 1 is 1.67 bits per heavy atom. The molecule has 0 saturated carbocycles. The highest BCUT2D eigenvalue weighted by Gasteiger charge is 2.00. The summed E-state index contributed by atoms with van der Waals surface area (Å²) >= 11 is 1.59. The molecule has 0 radical (unpaired) electrons. The summed E-state index contributed by atoms with van der Waals surface area (Å²) < 4.78 is 1.78. The molecular formula is C10H10N4S. The Bertz CT molecular complexity index is 491. The van der Waals surface area contributed by atoms with Crippen LogP contribution in [-0.4, -0.2) is 9.78 Å². The molecule has 2 aromatic heterocycles. The first-order chi connectivity index (χ1) is 7.29. The van der Waals surface area contributed by atoms with Crippen molar-refractivity contribution in [1.29, 1.82) is 5.26 Å². The van der Waals surface area contributed by atoms with E-state index in [-0.39, 0.29) is 0 Å². The van der Waals surface area contributed by atoms with Crippen molar-refractivity contribution in [2.24, 2.45) is 7.05 Å². The number of hydrogen-bond acceptors (Lipinski definition) is 4. The summed E-state index contributed by atoms with van der Waals surface area (Å²) in [7, 11) is 1.89. The minimum Gasteiger partial charge on any atom is -0.365 e. The normalized spacial score (nSPS) is 9.87. The Morgan fingerprint density at radius 3 is 3.13 bits per heavy atom. The first-order valence-electron chi connectivity index (χ1n) is 4.49. The zero-order valence-corrected chi connectivity index (χ0v) is 9.08. The molecule has 2 rings (SSSR count). The van der Waals surface area contributed by atoms with E-state index >= 15 is 0 Å². The SMILES string of the molecule is Cn1nccc1NCc1cc(C#N)cs1. The second-order valence-electron chi connectivity index (χ2n) is 3.11. The highest BCUT2D eigenvalue weighted by Crippen LogP contribution is 2.15. The van der Waals surface area contributed by atoms with Crippen LogP contribution in [-0.2, 0) is 13.6 Å². The van der Waals surface area contributed by atoms with Crippen molar-refractivity contribution < 1.29 is 0 Å². The van der Waals surface area contributed by atoms with Crippen molar-refractivity contribution in [3.63, 3.8) is 0 Å². The highest BCUT2D eigenvalue weighted by atomic mass is 32.1. The van der Waals surface area contributed by atoms with Crippen molar-refractivity contribution in [1.82, 2.24) is 9.78 Å². The van der Waals surface area contributed by atoms with Gasteiger partial charge in [-0.1, -0.05) is 0 Å². The topological polar surface area (TPSA) is 53.6 Å². The maximum atomic E-state index is 8.67. The number of nitrogens with one attached hydrogen (secondary N) is 1. The molecule has 76 valence electrons. The molecule has 1 N–H and O–H groups in total. The van der Waals surface area contributed by atoms with E-state index in [9.17, 15) is 0 Å². The van der Waals surface area contributed by atoms with Gasteiger partial charge in [-0.05, 0) is 6.07 Å². The molecule has 0 fully saturated rings. The Labute approximate surface area is 91.8 Å². The lowest BCUT2D eigenvalue weighted by Gasteiger charge is -2.03. The van der Waals surface area contributed by atoms with Crippen LogP contribution < -0.4 is 5.32 Å². The number of nitrogens with zero attached hydrogens (tertiary/aromatic N) is 3. The molecule has 2 aromatic rings. The van der Waals surface area contributed by atoms with E-state index in [1.54, 1.807) is 22.2 Å². The lowest BCUT2D eigenvalue weighted by molar-refractivity contribution is 0.769. The van der Waals surface area contributed by atoms with E-state index in [4.69, 9.17) is 5.26 Å². The number of aryl methyl sites for hydroxylation is 1. The summed E-state index contributed by atoms with van der Waals surface area (Å²) in [5, 5.41) is 17.8. The minimum atomic E-state index is 0.724. The van der Waals surface area contributed by atoms with Gasteiger partial charge in [-0.15, -0.1) is 11.3 Å². The van der Waals surface area contributed by atoms with Crippen molar-refractivity contribution >= 4 is 17.2 Å². The summed E-state index contributed by atoms with van der Waals surface area (Å²) in [6.45, 7) is 0.728. The zero-order valence-electron chi connectivity index (χ0n) is 8.27. The van der Waals surface area contributed by atoms with Crippen LogP contribution in [0.4, 0.5) is 5.82 Å². The monoisotopic (exact) mass is 218 g/mol. The van der Waals surface area contributed by atoms with E-state index in [0.29, 0.717) is 0 Å². The van der Waals surface area contributed by atoms with Crippen LogP contribution >= 0.6 is 11.3 Å². The Morgan fingerprint density at radius 2 is 2.53 bits per heavy atom. The van der Waals surface area contributed by atoms with Gasteiger partial charge in [0.2, 0.25) is 0 Å². The lowest BCUT2D eigenvalue weighted by Crippen LogP contribution is -2.03. The summed E-state index contributed by atoms with van der Waals surface area (Å²) in [6.07, 6.45) is 1.75.